The Balaban J connectivity index is 2.33. The fourth-order valence-electron chi connectivity index (χ4n) is 3.09. The van der Waals surface area contributed by atoms with Crippen LogP contribution >= 0.6 is 0 Å². The Bertz CT molecular complexity index is 1140. The van der Waals surface area contributed by atoms with Crippen LogP contribution in [0.15, 0.2) is 41.4 Å². The van der Waals surface area contributed by atoms with Crippen molar-refractivity contribution >= 4 is 20.9 Å². The standard InChI is InChI=1S/C19H19N3O4S/c1-12-6-7-14(19-17(12)13(10-20)11-22-19)18-15(26-9-8-25-2)4-3-5-16(18)27(21,23)24/h3-7,11,22H,8-9H2,1-2H3,(H2,21,23,24). The van der Waals surface area contributed by atoms with E-state index in [2.05, 4.69) is 11.1 Å². The van der Waals surface area contributed by atoms with E-state index in [0.717, 1.165) is 10.9 Å². The first-order valence-corrected chi connectivity index (χ1v) is 9.71. The molecule has 0 aliphatic heterocycles. The first-order valence-electron chi connectivity index (χ1n) is 8.17. The van der Waals surface area contributed by atoms with Crippen molar-refractivity contribution in [1.82, 2.24) is 4.98 Å². The molecule has 1 heterocycles. The SMILES string of the molecule is COCCOc1cccc(S(N)(=O)=O)c1-c1ccc(C)c2c(C#N)c[nH]c12. The smallest absolute Gasteiger partial charge is 0.238 e. The van der Waals surface area contributed by atoms with Crippen molar-refractivity contribution in [2.75, 3.05) is 20.3 Å². The molecule has 0 saturated heterocycles. The molecule has 0 saturated carbocycles. The Labute approximate surface area is 157 Å². The summed E-state index contributed by atoms with van der Waals surface area (Å²) in [6.07, 6.45) is 1.60. The van der Waals surface area contributed by atoms with Crippen LogP contribution < -0.4 is 9.88 Å². The maximum atomic E-state index is 12.2. The van der Waals surface area contributed by atoms with Gasteiger partial charge in [0.2, 0.25) is 10.0 Å². The van der Waals surface area contributed by atoms with Gasteiger partial charge in [0.1, 0.15) is 18.4 Å². The highest BCUT2D eigenvalue weighted by atomic mass is 32.2. The molecular formula is C19H19N3O4S. The number of ether oxygens (including phenoxy) is 2. The molecule has 2 aromatic carbocycles. The van der Waals surface area contributed by atoms with Gasteiger partial charge in [-0.25, -0.2) is 13.6 Å². The number of H-pyrrole nitrogens is 1. The van der Waals surface area contributed by atoms with Gasteiger partial charge in [0.05, 0.1) is 22.6 Å². The third-order valence-electron chi connectivity index (χ3n) is 4.27. The molecule has 0 radical (unpaired) electrons. The molecule has 3 aromatic rings. The number of primary sulfonamides is 1. The minimum Gasteiger partial charge on any atom is -0.490 e. The van der Waals surface area contributed by atoms with Crippen LogP contribution in [0.25, 0.3) is 22.0 Å². The van der Waals surface area contributed by atoms with E-state index in [-0.39, 0.29) is 11.5 Å². The highest BCUT2D eigenvalue weighted by Gasteiger charge is 2.23. The molecule has 140 valence electrons. The van der Waals surface area contributed by atoms with Gasteiger partial charge in [-0.3, -0.25) is 0 Å². The zero-order chi connectivity index (χ0) is 19.6. The van der Waals surface area contributed by atoms with Gasteiger partial charge < -0.3 is 14.5 Å². The molecule has 7 nitrogen and oxygen atoms in total. The summed E-state index contributed by atoms with van der Waals surface area (Å²) in [7, 11) is -2.45. The number of aromatic nitrogens is 1. The van der Waals surface area contributed by atoms with Crippen molar-refractivity contribution in [3.8, 4) is 22.9 Å². The van der Waals surface area contributed by atoms with E-state index < -0.39 is 10.0 Å². The Morgan fingerprint density at radius 3 is 2.67 bits per heavy atom. The summed E-state index contributed by atoms with van der Waals surface area (Å²) in [6, 6.07) is 10.5. The van der Waals surface area contributed by atoms with Crippen LogP contribution in [0.2, 0.25) is 0 Å². The molecule has 8 heteroatoms. The Morgan fingerprint density at radius 2 is 2.00 bits per heavy atom. The number of aryl methyl sites for hydroxylation is 1. The topological polar surface area (TPSA) is 118 Å². The van der Waals surface area contributed by atoms with Gasteiger partial charge in [-0.05, 0) is 24.6 Å². The predicted octanol–water partition coefficient (Wildman–Crippen LogP) is 2.69. The van der Waals surface area contributed by atoms with E-state index in [1.807, 2.05) is 13.0 Å². The van der Waals surface area contributed by atoms with Gasteiger partial charge >= 0.3 is 0 Å². The number of methoxy groups -OCH3 is 1. The lowest BCUT2D eigenvalue weighted by molar-refractivity contribution is 0.146. The number of hydrogen-bond acceptors (Lipinski definition) is 5. The normalized spacial score (nSPS) is 11.5. The fraction of sp³-hybridized carbons (Fsp3) is 0.211. The lowest BCUT2D eigenvalue weighted by Crippen LogP contribution is -2.14. The fourth-order valence-corrected chi connectivity index (χ4v) is 3.85. The predicted molar refractivity (Wildman–Crippen MR) is 102 cm³/mol. The number of hydrogen-bond donors (Lipinski definition) is 2. The second-order valence-electron chi connectivity index (χ2n) is 6.01. The second-order valence-corrected chi connectivity index (χ2v) is 7.54. The van der Waals surface area contributed by atoms with Gasteiger partial charge in [0.15, 0.2) is 0 Å². The number of aromatic amines is 1. The Hall–Kier alpha value is -2.86. The zero-order valence-corrected chi connectivity index (χ0v) is 15.8. The third-order valence-corrected chi connectivity index (χ3v) is 5.23. The lowest BCUT2D eigenvalue weighted by Gasteiger charge is -2.16. The molecule has 3 rings (SSSR count). The molecule has 0 aliphatic carbocycles. The van der Waals surface area contributed by atoms with Crippen molar-refractivity contribution in [2.24, 2.45) is 5.14 Å². The molecule has 27 heavy (non-hydrogen) atoms. The van der Waals surface area contributed by atoms with E-state index in [0.29, 0.717) is 34.6 Å². The molecule has 0 bridgehead atoms. The third kappa shape index (κ3) is 3.53. The summed E-state index contributed by atoms with van der Waals surface area (Å²) < 4.78 is 35.2. The van der Waals surface area contributed by atoms with Gasteiger partial charge in [-0.15, -0.1) is 0 Å². The molecule has 0 fully saturated rings. The number of benzene rings is 2. The molecule has 0 spiro atoms. The largest absolute Gasteiger partial charge is 0.490 e. The van der Waals surface area contributed by atoms with E-state index in [4.69, 9.17) is 14.6 Å². The second kappa shape index (κ2) is 7.40. The zero-order valence-electron chi connectivity index (χ0n) is 14.9. The first kappa shape index (κ1) is 18.9. The van der Waals surface area contributed by atoms with Gasteiger partial charge in [-0.2, -0.15) is 5.26 Å². The Kier molecular flexibility index (Phi) is 5.19. The highest BCUT2D eigenvalue weighted by Crippen LogP contribution is 2.40. The monoisotopic (exact) mass is 385 g/mol. The maximum absolute atomic E-state index is 12.2. The van der Waals surface area contributed by atoms with E-state index in [1.54, 1.807) is 31.5 Å². The van der Waals surface area contributed by atoms with Gasteiger partial charge in [-0.1, -0.05) is 18.2 Å². The van der Waals surface area contributed by atoms with Crippen molar-refractivity contribution in [3.63, 3.8) is 0 Å². The number of fused-ring (bicyclic) bond motifs is 1. The van der Waals surface area contributed by atoms with Gasteiger partial charge in [0.25, 0.3) is 0 Å². The molecule has 0 unspecified atom stereocenters. The Morgan fingerprint density at radius 1 is 1.22 bits per heavy atom. The number of nitrogens with zero attached hydrogens (tertiary/aromatic N) is 1. The molecule has 0 amide bonds. The van der Waals surface area contributed by atoms with Crippen molar-refractivity contribution in [2.45, 2.75) is 11.8 Å². The van der Waals surface area contributed by atoms with E-state index >= 15 is 0 Å². The number of nitrogens with two attached hydrogens (primary N) is 1. The quantitative estimate of drug-likeness (QED) is 0.633. The summed E-state index contributed by atoms with van der Waals surface area (Å²) in [5, 5.41) is 15.6. The summed E-state index contributed by atoms with van der Waals surface area (Å²) in [6.45, 7) is 2.49. The number of nitrogens with one attached hydrogen (secondary N) is 1. The average molecular weight is 385 g/mol. The summed E-state index contributed by atoms with van der Waals surface area (Å²) >= 11 is 0. The summed E-state index contributed by atoms with van der Waals surface area (Å²) in [4.78, 5) is 3.04. The molecule has 3 N–H and O–H groups in total. The number of rotatable bonds is 6. The van der Waals surface area contributed by atoms with E-state index in [9.17, 15) is 13.7 Å². The van der Waals surface area contributed by atoms with Crippen LogP contribution in [0.3, 0.4) is 0 Å². The van der Waals surface area contributed by atoms with Crippen molar-refractivity contribution < 1.29 is 17.9 Å². The summed E-state index contributed by atoms with van der Waals surface area (Å²) in [5.41, 5.74) is 2.99. The molecular weight excluding hydrogens is 366 g/mol. The minimum absolute atomic E-state index is 0.0457. The number of nitriles is 1. The van der Waals surface area contributed by atoms with Crippen LogP contribution in [0.1, 0.15) is 11.1 Å². The van der Waals surface area contributed by atoms with Crippen molar-refractivity contribution in [1.29, 1.82) is 5.26 Å². The van der Waals surface area contributed by atoms with Crippen LogP contribution in [0.5, 0.6) is 5.75 Å². The lowest BCUT2D eigenvalue weighted by atomic mass is 9.98. The van der Waals surface area contributed by atoms with Crippen LogP contribution in [-0.4, -0.2) is 33.7 Å². The molecule has 0 aliphatic rings. The summed E-state index contributed by atoms with van der Waals surface area (Å²) in [5.74, 6) is 0.372. The van der Waals surface area contributed by atoms with Crippen LogP contribution in [0, 0.1) is 18.3 Å². The maximum Gasteiger partial charge on any atom is 0.238 e. The average Bonchev–Trinajstić information content (AvgIpc) is 3.07. The van der Waals surface area contributed by atoms with Crippen molar-refractivity contribution in [3.05, 3.63) is 47.7 Å². The highest BCUT2D eigenvalue weighted by molar-refractivity contribution is 7.89. The number of sulfonamides is 1. The molecule has 1 aromatic heterocycles. The molecule has 0 atom stereocenters. The first-order chi connectivity index (χ1) is 12.9. The minimum atomic E-state index is -4.00. The van der Waals surface area contributed by atoms with Crippen LogP contribution in [-0.2, 0) is 14.8 Å². The van der Waals surface area contributed by atoms with Crippen LogP contribution in [0.4, 0.5) is 0 Å². The van der Waals surface area contributed by atoms with Gasteiger partial charge in [0, 0.05) is 29.8 Å². The van der Waals surface area contributed by atoms with E-state index in [1.165, 1.54) is 6.07 Å².